The molecule has 1 aliphatic rings. The topological polar surface area (TPSA) is 84.6 Å². The minimum absolute atomic E-state index is 0.183. The van der Waals surface area contributed by atoms with Crippen LogP contribution in [-0.4, -0.2) is 56.9 Å². The van der Waals surface area contributed by atoms with E-state index in [1.165, 1.54) is 4.57 Å². The molecule has 1 aromatic heterocycles. The molecule has 0 N–H and O–H groups in total. The molecule has 0 atom stereocenters. The Labute approximate surface area is 199 Å². The predicted octanol–water partition coefficient (Wildman–Crippen LogP) is 2.47. The second-order valence-corrected chi connectivity index (χ2v) is 8.64. The van der Waals surface area contributed by atoms with Crippen molar-refractivity contribution in [1.82, 2.24) is 18.9 Å². The number of carbonyl (C=O) groups excluding carboxylic acids is 2. The van der Waals surface area contributed by atoms with Gasteiger partial charge in [0.05, 0.1) is 10.9 Å². The molecular formula is C23H22Cl2N4O4. The van der Waals surface area contributed by atoms with Crippen LogP contribution in [0, 0.1) is 0 Å². The largest absolute Gasteiger partial charge is 0.338 e. The maximum Gasteiger partial charge on any atom is 0.331 e. The normalized spacial score (nSPS) is 14.0. The third-order valence-electron chi connectivity index (χ3n) is 5.77. The molecule has 3 aromatic rings. The van der Waals surface area contributed by atoms with Gasteiger partial charge in [-0.25, -0.2) is 4.79 Å². The van der Waals surface area contributed by atoms with Gasteiger partial charge in [-0.3, -0.25) is 23.5 Å². The van der Waals surface area contributed by atoms with Gasteiger partial charge >= 0.3 is 5.69 Å². The zero-order valence-electron chi connectivity index (χ0n) is 18.0. The first-order valence-electron chi connectivity index (χ1n) is 10.6. The molecule has 2 aromatic carbocycles. The molecule has 4 rings (SSSR count). The number of hydrogen-bond donors (Lipinski definition) is 0. The Balaban J connectivity index is 1.50. The molecule has 2 amide bonds. The molecule has 1 saturated heterocycles. The molecule has 0 aliphatic carbocycles. The Hall–Kier alpha value is -3.10. The minimum Gasteiger partial charge on any atom is -0.338 e. The van der Waals surface area contributed by atoms with E-state index in [0.717, 1.165) is 4.57 Å². The number of halogens is 2. The number of amides is 2. The average molecular weight is 489 g/mol. The fourth-order valence-corrected chi connectivity index (χ4v) is 4.58. The second-order valence-electron chi connectivity index (χ2n) is 7.77. The van der Waals surface area contributed by atoms with Crippen LogP contribution in [0.2, 0.25) is 10.0 Å². The van der Waals surface area contributed by atoms with E-state index in [9.17, 15) is 19.2 Å². The fraction of sp³-hybridized carbons (Fsp3) is 0.304. The van der Waals surface area contributed by atoms with Gasteiger partial charge in [0.25, 0.3) is 11.5 Å². The SMILES string of the molecule is CCn1c(=O)c2ccccc2n(CC(=O)N2CCN(C(=O)c3cc(Cl)cc(Cl)c3)CC2)c1=O. The van der Waals surface area contributed by atoms with Gasteiger partial charge < -0.3 is 9.80 Å². The highest BCUT2D eigenvalue weighted by Gasteiger charge is 2.26. The Morgan fingerprint density at radius 2 is 1.48 bits per heavy atom. The average Bonchev–Trinajstić information content (AvgIpc) is 2.81. The molecule has 0 saturated carbocycles. The number of carbonyl (C=O) groups is 2. The van der Waals surface area contributed by atoms with Crippen LogP contribution in [0.1, 0.15) is 17.3 Å². The van der Waals surface area contributed by atoms with Crippen LogP contribution in [0.25, 0.3) is 10.9 Å². The molecule has 33 heavy (non-hydrogen) atoms. The van der Waals surface area contributed by atoms with E-state index < -0.39 is 5.69 Å². The summed E-state index contributed by atoms with van der Waals surface area (Å²) in [7, 11) is 0. The van der Waals surface area contributed by atoms with E-state index >= 15 is 0 Å². The van der Waals surface area contributed by atoms with Crippen LogP contribution in [0.3, 0.4) is 0 Å². The zero-order chi connectivity index (χ0) is 23.7. The Kier molecular flexibility index (Phi) is 6.58. The molecule has 8 nitrogen and oxygen atoms in total. The Bertz CT molecular complexity index is 1340. The number of nitrogens with zero attached hydrogens (tertiary/aromatic N) is 4. The first kappa shape index (κ1) is 23.1. The molecule has 0 radical (unpaired) electrons. The minimum atomic E-state index is -0.513. The third-order valence-corrected chi connectivity index (χ3v) is 6.21. The standard InChI is InChI=1S/C23H22Cl2N4O4/c1-2-28-22(32)18-5-3-4-6-19(18)29(23(28)33)14-20(30)26-7-9-27(10-8-26)21(31)15-11-16(24)13-17(25)12-15/h3-6,11-13H,2,7-10,14H2,1H3. The quantitative estimate of drug-likeness (QED) is 0.564. The summed E-state index contributed by atoms with van der Waals surface area (Å²) in [4.78, 5) is 54.5. The highest BCUT2D eigenvalue weighted by atomic mass is 35.5. The lowest BCUT2D eigenvalue weighted by molar-refractivity contribution is -0.133. The lowest BCUT2D eigenvalue weighted by Crippen LogP contribution is -2.52. The molecule has 2 heterocycles. The van der Waals surface area contributed by atoms with Crippen LogP contribution in [0.4, 0.5) is 0 Å². The highest BCUT2D eigenvalue weighted by Crippen LogP contribution is 2.21. The Morgan fingerprint density at radius 3 is 2.12 bits per heavy atom. The first-order valence-corrected chi connectivity index (χ1v) is 11.3. The number of aromatic nitrogens is 2. The van der Waals surface area contributed by atoms with Gasteiger partial charge in [0.15, 0.2) is 0 Å². The summed E-state index contributed by atoms with van der Waals surface area (Å²) in [5.74, 6) is -0.454. The monoisotopic (exact) mass is 488 g/mol. The van der Waals surface area contributed by atoms with E-state index in [1.807, 2.05) is 0 Å². The van der Waals surface area contributed by atoms with Crippen molar-refractivity contribution in [2.75, 3.05) is 26.2 Å². The first-order chi connectivity index (χ1) is 15.8. The van der Waals surface area contributed by atoms with Crippen LogP contribution >= 0.6 is 23.2 Å². The Morgan fingerprint density at radius 1 is 0.879 bits per heavy atom. The lowest BCUT2D eigenvalue weighted by atomic mass is 10.2. The number of piperazine rings is 1. The van der Waals surface area contributed by atoms with E-state index in [4.69, 9.17) is 23.2 Å². The summed E-state index contributed by atoms with van der Waals surface area (Å²) in [6.45, 7) is 3.10. The number of benzene rings is 2. The maximum absolute atomic E-state index is 13.0. The predicted molar refractivity (Wildman–Crippen MR) is 127 cm³/mol. The summed E-state index contributed by atoms with van der Waals surface area (Å²) < 4.78 is 2.47. The van der Waals surface area contributed by atoms with Gasteiger partial charge in [0.2, 0.25) is 5.91 Å². The van der Waals surface area contributed by atoms with Crippen molar-refractivity contribution in [3.05, 3.63) is 78.9 Å². The number of hydrogen-bond acceptors (Lipinski definition) is 4. The summed E-state index contributed by atoms with van der Waals surface area (Å²) in [5, 5.41) is 1.15. The third kappa shape index (κ3) is 4.54. The van der Waals surface area contributed by atoms with E-state index in [0.29, 0.717) is 52.7 Å². The van der Waals surface area contributed by atoms with Crippen molar-refractivity contribution in [3.63, 3.8) is 0 Å². The van der Waals surface area contributed by atoms with Crippen LogP contribution in [0.5, 0.6) is 0 Å². The fourth-order valence-electron chi connectivity index (χ4n) is 4.06. The van der Waals surface area contributed by atoms with Gasteiger partial charge in [-0.15, -0.1) is 0 Å². The molecular weight excluding hydrogens is 467 g/mol. The highest BCUT2D eigenvalue weighted by molar-refractivity contribution is 6.35. The van der Waals surface area contributed by atoms with Crippen LogP contribution in [-0.2, 0) is 17.9 Å². The van der Waals surface area contributed by atoms with Crippen molar-refractivity contribution in [2.45, 2.75) is 20.0 Å². The van der Waals surface area contributed by atoms with E-state index in [2.05, 4.69) is 0 Å². The van der Waals surface area contributed by atoms with Crippen LogP contribution in [0.15, 0.2) is 52.1 Å². The number of para-hydroxylation sites is 1. The van der Waals surface area contributed by atoms with Crippen molar-refractivity contribution in [3.8, 4) is 0 Å². The number of rotatable bonds is 4. The van der Waals surface area contributed by atoms with Crippen molar-refractivity contribution in [2.24, 2.45) is 0 Å². The van der Waals surface area contributed by atoms with Crippen molar-refractivity contribution < 1.29 is 9.59 Å². The molecule has 1 fully saturated rings. The lowest BCUT2D eigenvalue weighted by Gasteiger charge is -2.35. The van der Waals surface area contributed by atoms with Gasteiger partial charge in [-0.2, -0.15) is 0 Å². The van der Waals surface area contributed by atoms with Crippen molar-refractivity contribution >= 4 is 45.9 Å². The molecule has 172 valence electrons. The van der Waals surface area contributed by atoms with Crippen molar-refractivity contribution in [1.29, 1.82) is 0 Å². The molecule has 0 spiro atoms. The van der Waals surface area contributed by atoms with Gasteiger partial charge in [0.1, 0.15) is 6.54 Å². The molecule has 1 aliphatic heterocycles. The maximum atomic E-state index is 13.0. The zero-order valence-corrected chi connectivity index (χ0v) is 19.5. The molecule has 0 bridgehead atoms. The molecule has 10 heteroatoms. The van der Waals surface area contributed by atoms with Crippen LogP contribution < -0.4 is 11.2 Å². The number of fused-ring (bicyclic) bond motifs is 1. The van der Waals surface area contributed by atoms with Gasteiger partial charge in [-0.05, 0) is 37.3 Å². The summed E-state index contributed by atoms with van der Waals surface area (Å²) in [5.41, 5.74) is -0.0550. The summed E-state index contributed by atoms with van der Waals surface area (Å²) >= 11 is 12.0. The summed E-state index contributed by atoms with van der Waals surface area (Å²) in [6, 6.07) is 11.5. The smallest absolute Gasteiger partial charge is 0.331 e. The van der Waals surface area contributed by atoms with Gasteiger partial charge in [0, 0.05) is 48.3 Å². The van der Waals surface area contributed by atoms with E-state index in [1.54, 1.807) is 59.2 Å². The second kappa shape index (κ2) is 9.41. The summed E-state index contributed by atoms with van der Waals surface area (Å²) in [6.07, 6.45) is 0. The van der Waals surface area contributed by atoms with E-state index in [-0.39, 0.29) is 30.5 Å². The molecule has 0 unspecified atom stereocenters. The van der Waals surface area contributed by atoms with Gasteiger partial charge in [-0.1, -0.05) is 35.3 Å².